The highest BCUT2D eigenvalue weighted by molar-refractivity contribution is 7.89. The van der Waals surface area contributed by atoms with Crippen molar-refractivity contribution in [3.8, 4) is 0 Å². The van der Waals surface area contributed by atoms with Gasteiger partial charge in [-0.05, 0) is 43.9 Å². The van der Waals surface area contributed by atoms with E-state index in [9.17, 15) is 13.2 Å². The topological polar surface area (TPSA) is 69.7 Å². The lowest BCUT2D eigenvalue weighted by atomic mass is 9.93. The number of nitrogens with one attached hydrogen (secondary N) is 1. The summed E-state index contributed by atoms with van der Waals surface area (Å²) in [6.45, 7) is 7.02. The van der Waals surface area contributed by atoms with Gasteiger partial charge in [0.25, 0.3) is 5.91 Å². The first-order valence-corrected chi connectivity index (χ1v) is 13.0. The Kier molecular flexibility index (Phi) is 7.82. The Morgan fingerprint density at radius 3 is 2.43 bits per heavy atom. The molecule has 168 valence electrons. The molecule has 1 amide bonds. The Balaban J connectivity index is 1.62. The van der Waals surface area contributed by atoms with Gasteiger partial charge < -0.3 is 5.32 Å². The SMILES string of the molecule is CCCCS(=O)(=O)N1CCN(C2(CNC(=O)c3ccc(C)cc3Cl)CCCC2)CC1. The fraction of sp³-hybridized carbons (Fsp3) is 0.682. The lowest BCUT2D eigenvalue weighted by molar-refractivity contribution is 0.0540. The summed E-state index contributed by atoms with van der Waals surface area (Å²) < 4.78 is 26.7. The van der Waals surface area contributed by atoms with Gasteiger partial charge in [-0.15, -0.1) is 0 Å². The van der Waals surface area contributed by atoms with Crippen molar-refractivity contribution in [2.24, 2.45) is 0 Å². The molecule has 1 aromatic rings. The van der Waals surface area contributed by atoms with Crippen molar-refractivity contribution >= 4 is 27.5 Å². The van der Waals surface area contributed by atoms with Gasteiger partial charge in [0.2, 0.25) is 10.0 Å². The fourth-order valence-electron chi connectivity index (χ4n) is 4.68. The number of nitrogens with zero attached hydrogens (tertiary/aromatic N) is 2. The fourth-order valence-corrected chi connectivity index (χ4v) is 6.63. The number of carbonyl (C=O) groups excluding carboxylic acids is 1. The molecule has 2 fully saturated rings. The number of hydrogen-bond donors (Lipinski definition) is 1. The molecule has 8 heteroatoms. The molecule has 0 atom stereocenters. The largest absolute Gasteiger partial charge is 0.350 e. The molecule has 1 saturated carbocycles. The van der Waals surface area contributed by atoms with Gasteiger partial charge in [0.1, 0.15) is 0 Å². The molecular formula is C22H34ClN3O3S. The Bertz CT molecular complexity index is 845. The van der Waals surface area contributed by atoms with Gasteiger partial charge in [0.05, 0.1) is 16.3 Å². The molecule has 30 heavy (non-hydrogen) atoms. The summed E-state index contributed by atoms with van der Waals surface area (Å²) in [5, 5.41) is 3.58. The molecule has 0 radical (unpaired) electrons. The van der Waals surface area contributed by atoms with Crippen LogP contribution < -0.4 is 5.32 Å². The average Bonchev–Trinajstić information content (AvgIpc) is 3.21. The van der Waals surface area contributed by atoms with E-state index in [4.69, 9.17) is 11.6 Å². The first-order chi connectivity index (χ1) is 14.3. The van der Waals surface area contributed by atoms with Crippen molar-refractivity contribution in [1.82, 2.24) is 14.5 Å². The van der Waals surface area contributed by atoms with Gasteiger partial charge in [-0.3, -0.25) is 9.69 Å². The van der Waals surface area contributed by atoms with Crippen LogP contribution in [-0.4, -0.2) is 67.5 Å². The third-order valence-electron chi connectivity index (χ3n) is 6.54. The highest BCUT2D eigenvalue weighted by atomic mass is 35.5. The Morgan fingerprint density at radius 1 is 1.17 bits per heavy atom. The Hall–Kier alpha value is -1.15. The number of unbranched alkanes of at least 4 members (excludes halogenated alkanes) is 1. The van der Waals surface area contributed by atoms with E-state index < -0.39 is 10.0 Å². The second-order valence-corrected chi connectivity index (χ2v) is 11.1. The van der Waals surface area contributed by atoms with Crippen molar-refractivity contribution < 1.29 is 13.2 Å². The number of halogens is 1. The average molecular weight is 456 g/mol. The zero-order valence-electron chi connectivity index (χ0n) is 18.1. The summed E-state index contributed by atoms with van der Waals surface area (Å²) in [6.07, 6.45) is 5.91. The van der Waals surface area contributed by atoms with Crippen molar-refractivity contribution in [2.75, 3.05) is 38.5 Å². The van der Waals surface area contributed by atoms with Gasteiger partial charge in [0, 0.05) is 38.3 Å². The van der Waals surface area contributed by atoms with Crippen molar-refractivity contribution in [1.29, 1.82) is 0 Å². The van der Waals surface area contributed by atoms with Crippen LogP contribution in [0.15, 0.2) is 18.2 Å². The molecule has 0 unspecified atom stereocenters. The standard InChI is InChI=1S/C22H34ClN3O3S/c1-3-4-15-30(28,29)26-13-11-25(12-14-26)22(9-5-6-10-22)17-24-21(27)19-8-7-18(2)16-20(19)23/h7-8,16H,3-6,9-15,17H2,1-2H3,(H,24,27). The van der Waals surface area contributed by atoms with Crippen LogP contribution in [0.4, 0.5) is 0 Å². The summed E-state index contributed by atoms with van der Waals surface area (Å²) >= 11 is 6.26. The van der Waals surface area contributed by atoms with Crippen LogP contribution in [-0.2, 0) is 10.0 Å². The van der Waals surface area contributed by atoms with E-state index in [1.807, 2.05) is 19.9 Å². The molecule has 0 bridgehead atoms. The van der Waals surface area contributed by atoms with Crippen molar-refractivity contribution in [3.05, 3.63) is 34.3 Å². The van der Waals surface area contributed by atoms with Crippen LogP contribution >= 0.6 is 11.6 Å². The number of sulfonamides is 1. The number of aryl methyl sites for hydroxylation is 1. The van der Waals surface area contributed by atoms with E-state index in [1.165, 1.54) is 0 Å². The van der Waals surface area contributed by atoms with E-state index in [-0.39, 0.29) is 17.2 Å². The van der Waals surface area contributed by atoms with Crippen molar-refractivity contribution in [3.63, 3.8) is 0 Å². The molecule has 0 spiro atoms. The monoisotopic (exact) mass is 455 g/mol. The van der Waals surface area contributed by atoms with Crippen LogP contribution in [0.2, 0.25) is 5.02 Å². The second-order valence-electron chi connectivity index (χ2n) is 8.65. The number of piperazine rings is 1. The van der Waals surface area contributed by atoms with E-state index in [0.29, 0.717) is 49.7 Å². The number of hydrogen-bond acceptors (Lipinski definition) is 4. The minimum atomic E-state index is -3.16. The smallest absolute Gasteiger partial charge is 0.252 e. The second kappa shape index (κ2) is 9.98. The molecule has 3 rings (SSSR count). The van der Waals surface area contributed by atoms with Crippen LogP contribution in [0.25, 0.3) is 0 Å². The van der Waals surface area contributed by atoms with Crippen molar-refractivity contribution in [2.45, 2.75) is 57.9 Å². The minimum absolute atomic E-state index is 0.0912. The normalized spacial score (nSPS) is 20.4. The zero-order valence-corrected chi connectivity index (χ0v) is 19.7. The molecular weight excluding hydrogens is 422 g/mol. The van der Waals surface area contributed by atoms with Gasteiger partial charge >= 0.3 is 0 Å². The number of amides is 1. The summed E-state index contributed by atoms with van der Waals surface area (Å²) in [4.78, 5) is 15.1. The van der Waals surface area contributed by atoms with Gasteiger partial charge in [-0.2, -0.15) is 4.31 Å². The Morgan fingerprint density at radius 2 is 1.83 bits per heavy atom. The lowest BCUT2D eigenvalue weighted by Crippen LogP contribution is -2.60. The third-order valence-corrected chi connectivity index (χ3v) is 8.81. The summed E-state index contributed by atoms with van der Waals surface area (Å²) in [5.41, 5.74) is 1.43. The molecule has 1 aliphatic carbocycles. The number of carbonyl (C=O) groups is 1. The highest BCUT2D eigenvalue weighted by Crippen LogP contribution is 2.36. The predicted molar refractivity (Wildman–Crippen MR) is 122 cm³/mol. The summed E-state index contributed by atoms with van der Waals surface area (Å²) in [5.74, 6) is 0.0919. The maximum atomic E-state index is 12.7. The number of benzene rings is 1. The zero-order chi connectivity index (χ0) is 21.8. The molecule has 2 aliphatic rings. The molecule has 1 aromatic carbocycles. The lowest BCUT2D eigenvalue weighted by Gasteiger charge is -2.45. The quantitative estimate of drug-likeness (QED) is 0.651. The molecule has 0 aromatic heterocycles. The molecule has 6 nitrogen and oxygen atoms in total. The first kappa shape index (κ1) is 23.5. The predicted octanol–water partition coefficient (Wildman–Crippen LogP) is 3.44. The van der Waals surface area contributed by atoms with Crippen LogP contribution in [0.1, 0.15) is 61.4 Å². The highest BCUT2D eigenvalue weighted by Gasteiger charge is 2.42. The molecule has 1 aliphatic heterocycles. The Labute approximate surface area is 186 Å². The first-order valence-electron chi connectivity index (χ1n) is 11.0. The van der Waals surface area contributed by atoms with Gasteiger partial charge in [-0.1, -0.05) is 43.9 Å². The van der Waals surface area contributed by atoms with Gasteiger partial charge in [0.15, 0.2) is 0 Å². The maximum Gasteiger partial charge on any atom is 0.252 e. The third kappa shape index (κ3) is 5.36. The van der Waals surface area contributed by atoms with E-state index in [1.54, 1.807) is 16.4 Å². The van der Waals surface area contributed by atoms with Crippen LogP contribution in [0.5, 0.6) is 0 Å². The summed E-state index contributed by atoms with van der Waals surface area (Å²) in [7, 11) is -3.16. The minimum Gasteiger partial charge on any atom is -0.350 e. The molecule has 1 N–H and O–H groups in total. The number of rotatable bonds is 8. The van der Waals surface area contributed by atoms with Gasteiger partial charge in [-0.25, -0.2) is 8.42 Å². The molecule has 1 saturated heterocycles. The summed E-state index contributed by atoms with van der Waals surface area (Å²) in [6, 6.07) is 5.47. The van der Waals surface area contributed by atoms with Crippen LogP contribution in [0, 0.1) is 6.92 Å². The van der Waals surface area contributed by atoms with E-state index in [0.717, 1.165) is 37.7 Å². The van der Waals surface area contributed by atoms with E-state index in [2.05, 4.69) is 10.2 Å². The van der Waals surface area contributed by atoms with E-state index >= 15 is 0 Å². The van der Waals surface area contributed by atoms with Crippen LogP contribution in [0.3, 0.4) is 0 Å². The molecule has 1 heterocycles. The maximum absolute atomic E-state index is 12.7.